The van der Waals surface area contributed by atoms with Crippen LogP contribution in [0.15, 0.2) is 0 Å². The Hall–Kier alpha value is 1.05. The molecular weight excluding hydrogens is 322 g/mol. The van der Waals surface area contributed by atoms with Crippen molar-refractivity contribution in [2.24, 2.45) is 0 Å². The molecule has 0 rings (SSSR count). The number of aldehydes is 1. The van der Waals surface area contributed by atoms with Crippen molar-refractivity contribution in [2.45, 2.75) is 6.17 Å². The number of nitrogens with one attached hydrogen (secondary N) is 2. The Kier molecular flexibility index (Phi) is 5.97. The second-order valence-corrected chi connectivity index (χ2v) is 2.08. The SMILES string of the molecule is O=CC(NI)NI. The monoisotopic (exact) mass is 326 g/mol. The fourth-order valence-electron chi connectivity index (χ4n) is 0.0721. The Bertz CT molecular complexity index is 55.7. The lowest BCUT2D eigenvalue weighted by Gasteiger charge is -1.99. The molecule has 0 aliphatic carbocycles. The highest BCUT2D eigenvalue weighted by molar-refractivity contribution is 14.1. The van der Waals surface area contributed by atoms with E-state index in [4.69, 9.17) is 0 Å². The van der Waals surface area contributed by atoms with Crippen molar-refractivity contribution in [1.29, 1.82) is 0 Å². The van der Waals surface area contributed by atoms with Crippen LogP contribution in [0, 0.1) is 0 Å². The summed E-state index contributed by atoms with van der Waals surface area (Å²) in [5.74, 6) is 0. The minimum atomic E-state index is -0.221. The molecule has 0 aliphatic rings. The van der Waals surface area contributed by atoms with Crippen LogP contribution in [0.1, 0.15) is 0 Å². The van der Waals surface area contributed by atoms with Crippen molar-refractivity contribution >= 4 is 52.0 Å². The highest BCUT2D eigenvalue weighted by Gasteiger charge is 1.96. The van der Waals surface area contributed by atoms with E-state index in [1.54, 1.807) is 0 Å². The Balaban J connectivity index is 3.16. The average Bonchev–Trinajstić information content (AvgIpc) is 1.72. The molecule has 0 heterocycles. The number of halogens is 2. The van der Waals surface area contributed by atoms with Gasteiger partial charge in [-0.05, 0) is 0 Å². The van der Waals surface area contributed by atoms with E-state index in [1.165, 1.54) is 0 Å². The van der Waals surface area contributed by atoms with Gasteiger partial charge in [-0.15, -0.1) is 0 Å². The summed E-state index contributed by atoms with van der Waals surface area (Å²) in [6.07, 6.45) is 0.569. The number of hydrogen-bond acceptors (Lipinski definition) is 3. The molecule has 0 radical (unpaired) electrons. The van der Waals surface area contributed by atoms with Crippen LogP contribution in [0.2, 0.25) is 0 Å². The molecule has 0 bridgehead atoms. The smallest absolute Gasteiger partial charge is 0.152 e. The predicted octanol–water partition coefficient (Wildman–Crippen LogP) is 0.391. The van der Waals surface area contributed by atoms with E-state index in [0.717, 1.165) is 6.29 Å². The molecule has 0 aromatic carbocycles. The van der Waals surface area contributed by atoms with Crippen LogP contribution < -0.4 is 7.06 Å². The van der Waals surface area contributed by atoms with Gasteiger partial charge in [0.15, 0.2) is 6.29 Å². The van der Waals surface area contributed by atoms with Crippen molar-refractivity contribution in [1.82, 2.24) is 7.06 Å². The molecule has 0 saturated carbocycles. The van der Waals surface area contributed by atoms with Crippen molar-refractivity contribution in [2.75, 3.05) is 0 Å². The Morgan fingerprint density at radius 3 is 1.86 bits per heavy atom. The molecule has 0 aromatic heterocycles. The Labute approximate surface area is 69.6 Å². The van der Waals surface area contributed by atoms with Gasteiger partial charge in [0.05, 0.1) is 0 Å². The number of rotatable bonds is 3. The van der Waals surface area contributed by atoms with Gasteiger partial charge in [0.25, 0.3) is 0 Å². The second kappa shape index (κ2) is 5.19. The van der Waals surface area contributed by atoms with Crippen molar-refractivity contribution in [3.05, 3.63) is 0 Å². The lowest BCUT2D eigenvalue weighted by molar-refractivity contribution is -0.109. The Morgan fingerprint density at radius 2 is 1.86 bits per heavy atom. The maximum absolute atomic E-state index is 9.83. The van der Waals surface area contributed by atoms with Crippen LogP contribution in [-0.4, -0.2) is 12.5 Å². The maximum atomic E-state index is 9.83. The van der Waals surface area contributed by atoms with E-state index >= 15 is 0 Å². The fraction of sp³-hybridized carbons (Fsp3) is 0.500. The summed E-state index contributed by atoms with van der Waals surface area (Å²) in [6.45, 7) is 0. The van der Waals surface area contributed by atoms with Gasteiger partial charge in [-0.1, -0.05) is 0 Å². The first-order chi connectivity index (χ1) is 3.35. The zero-order valence-electron chi connectivity index (χ0n) is 3.32. The van der Waals surface area contributed by atoms with E-state index < -0.39 is 0 Å². The van der Waals surface area contributed by atoms with Gasteiger partial charge >= 0.3 is 0 Å². The molecule has 3 nitrogen and oxygen atoms in total. The summed E-state index contributed by atoms with van der Waals surface area (Å²) in [4.78, 5) is 9.83. The molecular formula is C2H4I2N2O. The first-order valence-electron chi connectivity index (χ1n) is 1.52. The summed E-state index contributed by atoms with van der Waals surface area (Å²) >= 11 is 3.80. The van der Waals surface area contributed by atoms with E-state index in [1.807, 2.05) is 45.7 Å². The zero-order valence-corrected chi connectivity index (χ0v) is 7.63. The third kappa shape index (κ3) is 3.62. The molecule has 0 aliphatic heterocycles. The van der Waals surface area contributed by atoms with E-state index in [-0.39, 0.29) is 6.17 Å². The summed E-state index contributed by atoms with van der Waals surface area (Å²) in [5.41, 5.74) is 0. The van der Waals surface area contributed by atoms with Crippen molar-refractivity contribution in [3.8, 4) is 0 Å². The van der Waals surface area contributed by atoms with Gasteiger partial charge in [0.1, 0.15) is 6.17 Å². The maximum Gasteiger partial charge on any atom is 0.152 e. The first-order valence-corrected chi connectivity index (χ1v) is 3.68. The lowest BCUT2D eigenvalue weighted by Crippen LogP contribution is -2.31. The third-order valence-electron chi connectivity index (χ3n) is 0.371. The first kappa shape index (κ1) is 8.05. The van der Waals surface area contributed by atoms with E-state index in [9.17, 15) is 4.79 Å². The quantitative estimate of drug-likeness (QED) is 0.341. The predicted molar refractivity (Wildman–Crippen MR) is 44.2 cm³/mol. The zero-order chi connectivity index (χ0) is 5.70. The van der Waals surface area contributed by atoms with Gasteiger partial charge in [0, 0.05) is 45.7 Å². The number of carbonyl (C=O) groups excluding carboxylic acids is 1. The van der Waals surface area contributed by atoms with Gasteiger partial charge in [-0.2, -0.15) is 0 Å². The molecule has 0 unspecified atom stereocenters. The molecule has 7 heavy (non-hydrogen) atoms. The number of carbonyl (C=O) groups is 1. The lowest BCUT2D eigenvalue weighted by atomic mass is 10.6. The summed E-state index contributed by atoms with van der Waals surface area (Å²) in [5, 5.41) is 0. The summed E-state index contributed by atoms with van der Waals surface area (Å²) in [6, 6.07) is 0. The molecule has 0 saturated heterocycles. The Morgan fingerprint density at radius 1 is 1.43 bits per heavy atom. The van der Waals surface area contributed by atoms with Gasteiger partial charge in [0.2, 0.25) is 0 Å². The highest BCUT2D eigenvalue weighted by atomic mass is 127. The summed E-state index contributed by atoms with van der Waals surface area (Å²) < 4.78 is 5.37. The second-order valence-electron chi connectivity index (χ2n) is 0.832. The van der Waals surface area contributed by atoms with Crippen LogP contribution in [0.5, 0.6) is 0 Å². The minimum Gasteiger partial charge on any atom is -0.300 e. The topological polar surface area (TPSA) is 41.1 Å². The summed E-state index contributed by atoms with van der Waals surface area (Å²) in [7, 11) is 0. The van der Waals surface area contributed by atoms with Gasteiger partial charge in [-0.3, -0.25) is 0 Å². The molecule has 0 aromatic rings. The highest BCUT2D eigenvalue weighted by Crippen LogP contribution is 1.79. The van der Waals surface area contributed by atoms with Crippen molar-refractivity contribution < 1.29 is 4.79 Å². The van der Waals surface area contributed by atoms with Crippen molar-refractivity contribution in [3.63, 3.8) is 0 Å². The molecule has 0 amide bonds. The minimum absolute atomic E-state index is 0.221. The molecule has 5 heteroatoms. The van der Waals surface area contributed by atoms with E-state index in [2.05, 4.69) is 7.06 Å². The van der Waals surface area contributed by atoms with Crippen LogP contribution in [-0.2, 0) is 4.79 Å². The molecule has 42 valence electrons. The van der Waals surface area contributed by atoms with Crippen LogP contribution in [0.4, 0.5) is 0 Å². The largest absolute Gasteiger partial charge is 0.300 e. The van der Waals surface area contributed by atoms with Gasteiger partial charge < -0.3 is 4.79 Å². The standard InChI is InChI=1S/C2H4I2N2O/c3-5-2(1-7)6-4/h1-2,5-6H. The molecule has 2 N–H and O–H groups in total. The van der Waals surface area contributed by atoms with E-state index in [0.29, 0.717) is 0 Å². The fourth-order valence-corrected chi connectivity index (χ4v) is 1.27. The molecule has 0 spiro atoms. The van der Waals surface area contributed by atoms with Crippen LogP contribution in [0.3, 0.4) is 0 Å². The average molecular weight is 326 g/mol. The molecule has 0 atom stereocenters. The normalized spacial score (nSPS) is 9.57. The van der Waals surface area contributed by atoms with Crippen LogP contribution in [0.25, 0.3) is 0 Å². The van der Waals surface area contributed by atoms with Crippen LogP contribution >= 0.6 is 45.7 Å². The molecule has 0 fully saturated rings. The van der Waals surface area contributed by atoms with Gasteiger partial charge in [-0.25, -0.2) is 7.06 Å². The third-order valence-corrected chi connectivity index (χ3v) is 1.71. The number of hydrogen-bond donors (Lipinski definition) is 2.